The molecule has 0 amide bonds. The summed E-state index contributed by atoms with van der Waals surface area (Å²) in [6, 6.07) is 4.03. The van der Waals surface area contributed by atoms with E-state index in [1.807, 2.05) is 0 Å². The summed E-state index contributed by atoms with van der Waals surface area (Å²) in [5.41, 5.74) is 7.61. The summed E-state index contributed by atoms with van der Waals surface area (Å²) in [5.74, 6) is 0.670. The molecular weight excluding hydrogens is 364 g/mol. The van der Waals surface area contributed by atoms with Crippen LogP contribution in [0.25, 0.3) is 16.9 Å². The molecule has 150 valence electrons. The lowest BCUT2D eigenvalue weighted by Gasteiger charge is -2.09. The molecule has 0 radical (unpaired) electrons. The number of nitrogen functional groups attached to an aromatic ring is 1. The van der Waals surface area contributed by atoms with Crippen LogP contribution < -0.4 is 19.9 Å². The van der Waals surface area contributed by atoms with Crippen LogP contribution in [0.2, 0.25) is 0 Å². The lowest BCUT2D eigenvalue weighted by molar-refractivity contribution is 0.229. The number of methoxy groups -OCH3 is 1. The Labute approximate surface area is 162 Å². The monoisotopic (exact) mass is 388 g/mol. The van der Waals surface area contributed by atoms with E-state index in [0.29, 0.717) is 48.4 Å². The highest BCUT2D eigenvalue weighted by Gasteiger charge is 2.19. The molecule has 10 heteroatoms. The molecule has 0 atom stereocenters. The molecule has 0 aliphatic heterocycles. The third-order valence-corrected chi connectivity index (χ3v) is 3.93. The maximum absolute atomic E-state index is 8.83. The number of aliphatic hydroxyl groups excluding tert-OH is 1. The van der Waals surface area contributed by atoms with Gasteiger partial charge in [-0.2, -0.15) is 15.0 Å². The third-order valence-electron chi connectivity index (χ3n) is 3.93. The van der Waals surface area contributed by atoms with E-state index in [0.717, 1.165) is 12.8 Å². The second-order valence-electron chi connectivity index (χ2n) is 5.98. The number of hydrogen-bond acceptors (Lipinski definition) is 9. The second-order valence-corrected chi connectivity index (χ2v) is 5.98. The highest BCUT2D eigenvalue weighted by Crippen LogP contribution is 2.29. The highest BCUT2D eigenvalue weighted by atomic mass is 16.5. The molecule has 0 saturated carbocycles. The summed E-state index contributed by atoms with van der Waals surface area (Å²) in [6.45, 7) is 3.04. The van der Waals surface area contributed by atoms with Gasteiger partial charge >= 0.3 is 12.0 Å². The van der Waals surface area contributed by atoms with Gasteiger partial charge in [0.2, 0.25) is 5.88 Å². The van der Waals surface area contributed by atoms with Gasteiger partial charge in [0.15, 0.2) is 17.0 Å². The van der Waals surface area contributed by atoms with Gasteiger partial charge in [-0.05, 0) is 12.5 Å². The number of aromatic nitrogens is 5. The van der Waals surface area contributed by atoms with Gasteiger partial charge in [-0.25, -0.2) is 9.55 Å². The van der Waals surface area contributed by atoms with Gasteiger partial charge in [-0.1, -0.05) is 13.3 Å². The fourth-order valence-corrected chi connectivity index (χ4v) is 2.51. The van der Waals surface area contributed by atoms with Crippen molar-refractivity contribution in [3.63, 3.8) is 0 Å². The Kier molecular flexibility index (Phi) is 6.43. The predicted octanol–water partition coefficient (Wildman–Crippen LogP) is 1.74. The number of fused-ring (bicyclic) bond motifs is 1. The number of ether oxygens (including phenoxy) is 3. The molecule has 0 aromatic carbocycles. The van der Waals surface area contributed by atoms with Crippen LogP contribution in [0.3, 0.4) is 0 Å². The molecule has 0 aliphatic rings. The lowest BCUT2D eigenvalue weighted by atomic mass is 10.4. The van der Waals surface area contributed by atoms with Crippen LogP contribution in [0.1, 0.15) is 26.2 Å². The Bertz CT molecular complexity index is 913. The summed E-state index contributed by atoms with van der Waals surface area (Å²) in [6.07, 6.45) is 4.06. The molecule has 28 heavy (non-hydrogen) atoms. The Balaban J connectivity index is 1.96. The number of hydrogen-bond donors (Lipinski definition) is 2. The molecular formula is C18H24N6O4. The van der Waals surface area contributed by atoms with E-state index in [9.17, 15) is 0 Å². The molecule has 3 aromatic rings. The Morgan fingerprint density at radius 2 is 1.93 bits per heavy atom. The van der Waals surface area contributed by atoms with Gasteiger partial charge in [-0.15, -0.1) is 0 Å². The van der Waals surface area contributed by atoms with Crippen molar-refractivity contribution in [2.75, 3.05) is 32.7 Å². The zero-order valence-corrected chi connectivity index (χ0v) is 16.0. The summed E-state index contributed by atoms with van der Waals surface area (Å²) in [7, 11) is 1.51. The van der Waals surface area contributed by atoms with Crippen molar-refractivity contribution in [3.05, 3.63) is 18.3 Å². The van der Waals surface area contributed by atoms with Crippen LogP contribution in [-0.4, -0.2) is 56.5 Å². The van der Waals surface area contributed by atoms with Crippen LogP contribution >= 0.6 is 0 Å². The normalized spacial score (nSPS) is 11.0. The smallest absolute Gasteiger partial charge is 0.320 e. The standard InChI is InChI=1S/C18H24N6O4/c1-3-4-9-28-17-22-15(19)14-16(23-17)24(18(21-14)26-2)12-6-7-13(20-11-12)27-10-5-8-25/h6-7,11,25H,3-5,8-10H2,1-2H3,(H2,19,22,23). The second kappa shape index (κ2) is 9.18. The van der Waals surface area contributed by atoms with Crippen LogP contribution in [0.15, 0.2) is 18.3 Å². The first kappa shape index (κ1) is 19.6. The molecule has 0 bridgehead atoms. The largest absolute Gasteiger partial charge is 0.478 e. The molecule has 0 aliphatic carbocycles. The molecule has 3 aromatic heterocycles. The van der Waals surface area contributed by atoms with Crippen molar-refractivity contribution in [1.82, 2.24) is 24.5 Å². The number of unbranched alkanes of at least 4 members (excludes halogenated alkanes) is 1. The van der Waals surface area contributed by atoms with E-state index in [2.05, 4.69) is 26.9 Å². The Hall–Kier alpha value is -3.14. The fraction of sp³-hybridized carbons (Fsp3) is 0.444. The van der Waals surface area contributed by atoms with E-state index < -0.39 is 0 Å². The number of rotatable bonds is 10. The van der Waals surface area contributed by atoms with E-state index in [1.54, 1.807) is 22.9 Å². The van der Waals surface area contributed by atoms with Crippen molar-refractivity contribution in [1.29, 1.82) is 0 Å². The SMILES string of the molecule is CCCCOc1nc(N)c2nc(OC)n(-c3ccc(OCCCO)nc3)c2n1. The topological polar surface area (TPSA) is 130 Å². The fourth-order valence-electron chi connectivity index (χ4n) is 2.51. The maximum Gasteiger partial charge on any atom is 0.320 e. The maximum atomic E-state index is 8.83. The van der Waals surface area contributed by atoms with E-state index in [4.69, 9.17) is 25.1 Å². The number of imidazole rings is 1. The number of pyridine rings is 1. The molecule has 3 rings (SSSR count). The number of anilines is 1. The minimum atomic E-state index is 0.0695. The summed E-state index contributed by atoms with van der Waals surface area (Å²) in [4.78, 5) is 17.3. The molecule has 3 heterocycles. The Morgan fingerprint density at radius 1 is 1.11 bits per heavy atom. The van der Waals surface area contributed by atoms with Gasteiger partial charge in [0.1, 0.15) is 0 Å². The molecule has 0 unspecified atom stereocenters. The van der Waals surface area contributed by atoms with E-state index in [-0.39, 0.29) is 18.4 Å². The minimum Gasteiger partial charge on any atom is -0.478 e. The van der Waals surface area contributed by atoms with E-state index in [1.165, 1.54) is 7.11 Å². The number of aliphatic hydroxyl groups is 1. The van der Waals surface area contributed by atoms with Crippen molar-refractivity contribution >= 4 is 17.0 Å². The zero-order chi connectivity index (χ0) is 19.9. The van der Waals surface area contributed by atoms with Crippen LogP contribution in [0.5, 0.6) is 17.9 Å². The van der Waals surface area contributed by atoms with Gasteiger partial charge in [0.05, 0.1) is 32.2 Å². The Morgan fingerprint density at radius 3 is 2.61 bits per heavy atom. The summed E-state index contributed by atoms with van der Waals surface area (Å²) >= 11 is 0. The first-order valence-corrected chi connectivity index (χ1v) is 9.10. The quantitative estimate of drug-likeness (QED) is 0.499. The average molecular weight is 388 g/mol. The van der Waals surface area contributed by atoms with Crippen molar-refractivity contribution in [2.24, 2.45) is 0 Å². The van der Waals surface area contributed by atoms with Crippen LogP contribution in [-0.2, 0) is 0 Å². The summed E-state index contributed by atoms with van der Waals surface area (Å²) < 4.78 is 18.1. The van der Waals surface area contributed by atoms with Gasteiger partial charge in [0.25, 0.3) is 0 Å². The molecule has 0 saturated heterocycles. The van der Waals surface area contributed by atoms with E-state index >= 15 is 0 Å². The first-order valence-electron chi connectivity index (χ1n) is 9.10. The molecule has 10 nitrogen and oxygen atoms in total. The van der Waals surface area contributed by atoms with Gasteiger partial charge < -0.3 is 25.1 Å². The minimum absolute atomic E-state index is 0.0695. The average Bonchev–Trinajstić information content (AvgIpc) is 3.08. The van der Waals surface area contributed by atoms with Gasteiger partial charge in [-0.3, -0.25) is 0 Å². The van der Waals surface area contributed by atoms with Crippen LogP contribution in [0, 0.1) is 0 Å². The third kappa shape index (κ3) is 4.22. The van der Waals surface area contributed by atoms with Gasteiger partial charge in [0, 0.05) is 19.1 Å². The predicted molar refractivity (Wildman–Crippen MR) is 103 cm³/mol. The molecule has 0 fully saturated rings. The van der Waals surface area contributed by atoms with Crippen molar-refractivity contribution < 1.29 is 19.3 Å². The van der Waals surface area contributed by atoms with Crippen molar-refractivity contribution in [2.45, 2.75) is 26.2 Å². The van der Waals surface area contributed by atoms with Crippen molar-refractivity contribution in [3.8, 4) is 23.6 Å². The lowest BCUT2D eigenvalue weighted by Crippen LogP contribution is -2.06. The number of nitrogens with two attached hydrogens (primary N) is 1. The highest BCUT2D eigenvalue weighted by molar-refractivity contribution is 5.84. The first-order chi connectivity index (χ1) is 13.7. The summed E-state index contributed by atoms with van der Waals surface area (Å²) in [5, 5.41) is 8.83. The molecule has 0 spiro atoms. The van der Waals surface area contributed by atoms with Crippen LogP contribution in [0.4, 0.5) is 5.82 Å². The zero-order valence-electron chi connectivity index (χ0n) is 16.0. The number of nitrogens with zero attached hydrogens (tertiary/aromatic N) is 5. The molecule has 3 N–H and O–H groups in total.